The summed E-state index contributed by atoms with van der Waals surface area (Å²) >= 11 is 3.47. The molecule has 10 heavy (non-hydrogen) atoms. The highest BCUT2D eigenvalue weighted by Crippen LogP contribution is 2.01. The Kier molecular flexibility index (Phi) is 6.44. The van der Waals surface area contributed by atoms with Crippen LogP contribution in [0.3, 0.4) is 0 Å². The molecule has 0 aliphatic carbocycles. The van der Waals surface area contributed by atoms with E-state index in [9.17, 15) is 0 Å². The quantitative estimate of drug-likeness (QED) is 0.627. The Balaban J connectivity index is 3.27. The molecule has 62 valence electrons. The Bertz CT molecular complexity index is 75.7. The second kappa shape index (κ2) is 6.17. The molecule has 0 saturated carbocycles. The van der Waals surface area contributed by atoms with E-state index in [-0.39, 0.29) is 0 Å². The van der Waals surface area contributed by atoms with Gasteiger partial charge in [-0.05, 0) is 25.9 Å². The Morgan fingerprint density at radius 2 is 2.10 bits per heavy atom. The summed E-state index contributed by atoms with van der Waals surface area (Å²) in [5.41, 5.74) is 0. The van der Waals surface area contributed by atoms with Crippen molar-refractivity contribution in [2.45, 2.75) is 20.3 Å². The van der Waals surface area contributed by atoms with Gasteiger partial charge in [0, 0.05) is 11.9 Å². The number of hydrogen-bond acceptors (Lipinski definition) is 1. The standard InChI is InChI=1S/C8H18BrN/c1-4-5-10(3)7-8(2)6-9/h8H,4-7H2,1-3H3. The number of halogens is 1. The molecule has 1 unspecified atom stereocenters. The molecule has 0 aromatic carbocycles. The summed E-state index contributed by atoms with van der Waals surface area (Å²) in [6, 6.07) is 0. The van der Waals surface area contributed by atoms with Crippen molar-refractivity contribution in [3.8, 4) is 0 Å². The fraction of sp³-hybridized carbons (Fsp3) is 1.00. The van der Waals surface area contributed by atoms with Crippen LogP contribution >= 0.6 is 15.9 Å². The van der Waals surface area contributed by atoms with Crippen molar-refractivity contribution >= 4 is 15.9 Å². The van der Waals surface area contributed by atoms with Crippen LogP contribution in [0, 0.1) is 5.92 Å². The van der Waals surface area contributed by atoms with E-state index < -0.39 is 0 Å². The van der Waals surface area contributed by atoms with Crippen LogP contribution < -0.4 is 0 Å². The van der Waals surface area contributed by atoms with Crippen LogP contribution in [0.5, 0.6) is 0 Å². The first-order chi connectivity index (χ1) is 4.70. The minimum absolute atomic E-state index is 0.775. The molecule has 0 fully saturated rings. The normalized spacial score (nSPS) is 14.1. The van der Waals surface area contributed by atoms with Gasteiger partial charge in [-0.15, -0.1) is 0 Å². The summed E-state index contributed by atoms with van der Waals surface area (Å²) < 4.78 is 0. The Hall–Kier alpha value is 0.440. The summed E-state index contributed by atoms with van der Waals surface area (Å²) in [5.74, 6) is 0.775. The average Bonchev–Trinajstić information content (AvgIpc) is 1.88. The molecular formula is C8H18BrN. The lowest BCUT2D eigenvalue weighted by atomic mass is 10.2. The van der Waals surface area contributed by atoms with Gasteiger partial charge in [0.15, 0.2) is 0 Å². The maximum absolute atomic E-state index is 3.47. The third-order valence-electron chi connectivity index (χ3n) is 1.49. The maximum Gasteiger partial charge on any atom is 0.00692 e. The molecular weight excluding hydrogens is 190 g/mol. The fourth-order valence-electron chi connectivity index (χ4n) is 1.05. The van der Waals surface area contributed by atoms with Gasteiger partial charge >= 0.3 is 0 Å². The van der Waals surface area contributed by atoms with Crippen molar-refractivity contribution in [2.24, 2.45) is 5.92 Å². The van der Waals surface area contributed by atoms with Crippen molar-refractivity contribution in [3.05, 3.63) is 0 Å². The van der Waals surface area contributed by atoms with E-state index in [2.05, 4.69) is 41.7 Å². The summed E-state index contributed by atoms with van der Waals surface area (Å²) in [6.45, 7) is 6.91. The van der Waals surface area contributed by atoms with Crippen molar-refractivity contribution in [1.29, 1.82) is 0 Å². The molecule has 2 heteroatoms. The monoisotopic (exact) mass is 207 g/mol. The van der Waals surface area contributed by atoms with Crippen molar-refractivity contribution in [3.63, 3.8) is 0 Å². The summed E-state index contributed by atoms with van der Waals surface area (Å²) in [7, 11) is 2.18. The van der Waals surface area contributed by atoms with E-state index in [1.807, 2.05) is 0 Å². The van der Waals surface area contributed by atoms with E-state index in [1.54, 1.807) is 0 Å². The van der Waals surface area contributed by atoms with Crippen molar-refractivity contribution < 1.29 is 0 Å². The lowest BCUT2D eigenvalue weighted by Crippen LogP contribution is -2.25. The predicted molar refractivity (Wildman–Crippen MR) is 50.7 cm³/mol. The molecule has 0 aliphatic heterocycles. The molecule has 0 amide bonds. The molecule has 0 heterocycles. The van der Waals surface area contributed by atoms with Crippen LogP contribution in [0.4, 0.5) is 0 Å². The number of nitrogens with zero attached hydrogens (tertiary/aromatic N) is 1. The van der Waals surface area contributed by atoms with Gasteiger partial charge in [0.05, 0.1) is 0 Å². The zero-order valence-electron chi connectivity index (χ0n) is 7.23. The summed E-state index contributed by atoms with van der Waals surface area (Å²) in [6.07, 6.45) is 1.26. The van der Waals surface area contributed by atoms with E-state index in [4.69, 9.17) is 0 Å². The van der Waals surface area contributed by atoms with E-state index >= 15 is 0 Å². The van der Waals surface area contributed by atoms with Gasteiger partial charge in [0.25, 0.3) is 0 Å². The molecule has 0 spiro atoms. The first-order valence-electron chi connectivity index (χ1n) is 3.95. The van der Waals surface area contributed by atoms with Crippen LogP contribution in [0.1, 0.15) is 20.3 Å². The number of alkyl halides is 1. The van der Waals surface area contributed by atoms with Crippen molar-refractivity contribution in [2.75, 3.05) is 25.5 Å². The largest absolute Gasteiger partial charge is 0.306 e. The molecule has 0 aromatic rings. The second-order valence-corrected chi connectivity index (χ2v) is 3.67. The Morgan fingerprint density at radius 3 is 2.50 bits per heavy atom. The third-order valence-corrected chi connectivity index (χ3v) is 2.60. The highest BCUT2D eigenvalue weighted by atomic mass is 79.9. The summed E-state index contributed by atoms with van der Waals surface area (Å²) in [4.78, 5) is 2.38. The number of rotatable bonds is 5. The zero-order valence-corrected chi connectivity index (χ0v) is 8.82. The van der Waals surface area contributed by atoms with Crippen LogP contribution in [-0.2, 0) is 0 Å². The van der Waals surface area contributed by atoms with Crippen molar-refractivity contribution in [1.82, 2.24) is 4.90 Å². The van der Waals surface area contributed by atoms with Gasteiger partial charge in [-0.2, -0.15) is 0 Å². The molecule has 0 aliphatic rings. The topological polar surface area (TPSA) is 3.24 Å². The first-order valence-corrected chi connectivity index (χ1v) is 5.07. The molecule has 0 N–H and O–H groups in total. The highest BCUT2D eigenvalue weighted by Gasteiger charge is 2.02. The minimum Gasteiger partial charge on any atom is -0.306 e. The van der Waals surface area contributed by atoms with Crippen LogP contribution in [0.25, 0.3) is 0 Å². The van der Waals surface area contributed by atoms with Gasteiger partial charge in [-0.3, -0.25) is 0 Å². The lowest BCUT2D eigenvalue weighted by Gasteiger charge is -2.18. The third kappa shape index (κ3) is 5.24. The molecule has 0 saturated heterocycles. The molecule has 1 atom stereocenters. The smallest absolute Gasteiger partial charge is 0.00692 e. The average molecular weight is 208 g/mol. The zero-order chi connectivity index (χ0) is 7.98. The molecule has 0 radical (unpaired) electrons. The van der Waals surface area contributed by atoms with E-state index in [0.29, 0.717) is 0 Å². The van der Waals surface area contributed by atoms with Gasteiger partial charge in [-0.1, -0.05) is 29.8 Å². The predicted octanol–water partition coefficient (Wildman–Crippen LogP) is 2.36. The summed E-state index contributed by atoms with van der Waals surface area (Å²) in [5, 5.41) is 1.11. The van der Waals surface area contributed by atoms with Gasteiger partial charge in [0.1, 0.15) is 0 Å². The molecule has 0 aromatic heterocycles. The lowest BCUT2D eigenvalue weighted by molar-refractivity contribution is 0.299. The molecule has 0 bridgehead atoms. The first kappa shape index (κ1) is 10.4. The fourth-order valence-corrected chi connectivity index (χ4v) is 1.26. The van der Waals surface area contributed by atoms with Crippen LogP contribution in [0.2, 0.25) is 0 Å². The minimum atomic E-state index is 0.775. The highest BCUT2D eigenvalue weighted by molar-refractivity contribution is 9.09. The Labute approximate surface area is 72.9 Å². The molecule has 1 nitrogen and oxygen atoms in total. The maximum atomic E-state index is 3.47. The van der Waals surface area contributed by atoms with Crippen LogP contribution in [0.15, 0.2) is 0 Å². The van der Waals surface area contributed by atoms with Gasteiger partial charge in [-0.25, -0.2) is 0 Å². The number of hydrogen-bond donors (Lipinski definition) is 0. The van der Waals surface area contributed by atoms with Crippen LogP contribution in [-0.4, -0.2) is 30.4 Å². The second-order valence-electron chi connectivity index (χ2n) is 3.02. The van der Waals surface area contributed by atoms with Gasteiger partial charge in [0.2, 0.25) is 0 Å². The van der Waals surface area contributed by atoms with Gasteiger partial charge < -0.3 is 4.90 Å². The van der Waals surface area contributed by atoms with E-state index in [1.165, 1.54) is 19.5 Å². The van der Waals surface area contributed by atoms with E-state index in [0.717, 1.165) is 11.2 Å². The Morgan fingerprint density at radius 1 is 1.50 bits per heavy atom. The SMILES string of the molecule is CCCN(C)CC(C)CBr. The molecule has 0 rings (SSSR count).